The lowest BCUT2D eigenvalue weighted by Crippen LogP contribution is -2.29. The first-order valence-corrected chi connectivity index (χ1v) is 7.00. The molecule has 1 aliphatic rings. The standard InChI is InChI=1S/C13H17F2NS/c1-16-13(12-4-2-3-5-17-12)9-6-10(14)8-11(15)7-9/h6-8,12-13,16H,2-5H2,1H3. The highest BCUT2D eigenvalue weighted by Gasteiger charge is 2.25. The molecule has 94 valence electrons. The van der Waals surface area contributed by atoms with Gasteiger partial charge in [0.1, 0.15) is 11.6 Å². The molecule has 4 heteroatoms. The van der Waals surface area contributed by atoms with E-state index in [2.05, 4.69) is 5.32 Å². The molecule has 0 amide bonds. The topological polar surface area (TPSA) is 12.0 Å². The molecule has 0 aliphatic carbocycles. The predicted octanol–water partition coefficient (Wildman–Crippen LogP) is 3.51. The quantitative estimate of drug-likeness (QED) is 0.889. The van der Waals surface area contributed by atoms with Gasteiger partial charge in [0.2, 0.25) is 0 Å². The SMILES string of the molecule is CNC(c1cc(F)cc(F)c1)C1CCCCS1. The first-order chi connectivity index (χ1) is 8.20. The van der Waals surface area contributed by atoms with Crippen LogP contribution in [0, 0.1) is 11.6 Å². The maximum absolute atomic E-state index is 13.2. The summed E-state index contributed by atoms with van der Waals surface area (Å²) in [5.41, 5.74) is 0.712. The predicted molar refractivity (Wildman–Crippen MR) is 68.3 cm³/mol. The van der Waals surface area contributed by atoms with E-state index in [1.807, 2.05) is 18.8 Å². The first-order valence-electron chi connectivity index (χ1n) is 5.95. The molecule has 1 aliphatic heterocycles. The van der Waals surface area contributed by atoms with E-state index in [-0.39, 0.29) is 6.04 Å². The van der Waals surface area contributed by atoms with Crippen molar-refractivity contribution in [3.63, 3.8) is 0 Å². The number of halogens is 2. The minimum Gasteiger partial charge on any atom is -0.312 e. The van der Waals surface area contributed by atoms with Crippen LogP contribution in [0.25, 0.3) is 0 Å². The minimum atomic E-state index is -0.499. The van der Waals surface area contributed by atoms with Gasteiger partial charge in [0.05, 0.1) is 0 Å². The first kappa shape index (κ1) is 12.8. The van der Waals surface area contributed by atoms with Crippen molar-refractivity contribution in [1.82, 2.24) is 5.32 Å². The molecule has 1 fully saturated rings. The third-order valence-electron chi connectivity index (χ3n) is 3.14. The second-order valence-corrected chi connectivity index (χ2v) is 5.72. The normalized spacial score (nSPS) is 22.4. The number of nitrogens with one attached hydrogen (secondary N) is 1. The van der Waals surface area contributed by atoms with E-state index in [4.69, 9.17) is 0 Å². The van der Waals surface area contributed by atoms with Gasteiger partial charge in [-0.2, -0.15) is 11.8 Å². The molecule has 2 unspecified atom stereocenters. The zero-order chi connectivity index (χ0) is 12.3. The number of thioether (sulfide) groups is 1. The minimum absolute atomic E-state index is 0.0329. The maximum atomic E-state index is 13.2. The fourth-order valence-corrected chi connectivity index (χ4v) is 3.84. The highest BCUT2D eigenvalue weighted by molar-refractivity contribution is 8.00. The fourth-order valence-electron chi connectivity index (χ4n) is 2.35. The molecule has 17 heavy (non-hydrogen) atoms. The van der Waals surface area contributed by atoms with Gasteiger partial charge in [0.15, 0.2) is 0 Å². The Morgan fingerprint density at radius 2 is 1.94 bits per heavy atom. The van der Waals surface area contributed by atoms with Crippen LogP contribution < -0.4 is 5.32 Å². The van der Waals surface area contributed by atoms with Crippen LogP contribution >= 0.6 is 11.8 Å². The third kappa shape index (κ3) is 3.19. The van der Waals surface area contributed by atoms with E-state index in [1.165, 1.54) is 25.0 Å². The van der Waals surface area contributed by atoms with Gasteiger partial charge >= 0.3 is 0 Å². The lowest BCUT2D eigenvalue weighted by Gasteiger charge is -2.30. The van der Waals surface area contributed by atoms with Crippen molar-refractivity contribution in [1.29, 1.82) is 0 Å². The Balaban J connectivity index is 2.21. The Labute approximate surface area is 105 Å². The smallest absolute Gasteiger partial charge is 0.126 e. The van der Waals surface area contributed by atoms with Crippen molar-refractivity contribution in [3.05, 3.63) is 35.4 Å². The molecule has 1 heterocycles. The van der Waals surface area contributed by atoms with E-state index >= 15 is 0 Å². The molecule has 1 N–H and O–H groups in total. The van der Waals surface area contributed by atoms with Gasteiger partial charge in [-0.05, 0) is 43.3 Å². The summed E-state index contributed by atoms with van der Waals surface area (Å²) < 4.78 is 26.4. The molecule has 1 saturated heterocycles. The second kappa shape index (κ2) is 5.83. The summed E-state index contributed by atoms with van der Waals surface area (Å²) in [5, 5.41) is 3.60. The Kier molecular flexibility index (Phi) is 4.40. The van der Waals surface area contributed by atoms with Crippen LogP contribution in [-0.4, -0.2) is 18.1 Å². The van der Waals surface area contributed by atoms with E-state index in [1.54, 1.807) is 0 Å². The molecule has 1 aromatic carbocycles. The molecule has 2 rings (SSSR count). The highest BCUT2D eigenvalue weighted by Crippen LogP contribution is 2.34. The summed E-state index contributed by atoms with van der Waals surface area (Å²) in [5.74, 6) is 0.141. The molecule has 0 saturated carbocycles. The summed E-state index contributed by atoms with van der Waals surface area (Å²) >= 11 is 1.90. The lowest BCUT2D eigenvalue weighted by molar-refractivity contribution is 0.505. The molecule has 2 atom stereocenters. The molecular weight excluding hydrogens is 240 g/mol. The Hall–Kier alpha value is -0.610. The van der Waals surface area contributed by atoms with Crippen molar-refractivity contribution >= 4 is 11.8 Å². The van der Waals surface area contributed by atoms with Gasteiger partial charge in [-0.1, -0.05) is 6.42 Å². The Bertz CT molecular complexity index is 357. The molecule has 0 radical (unpaired) electrons. The molecule has 0 spiro atoms. The molecule has 0 aromatic heterocycles. The van der Waals surface area contributed by atoms with E-state index in [0.29, 0.717) is 10.8 Å². The van der Waals surface area contributed by atoms with Crippen molar-refractivity contribution in [2.24, 2.45) is 0 Å². The largest absolute Gasteiger partial charge is 0.312 e. The summed E-state index contributed by atoms with van der Waals surface area (Å²) in [7, 11) is 1.85. The fraction of sp³-hybridized carbons (Fsp3) is 0.538. The molecule has 1 nitrogen and oxygen atoms in total. The zero-order valence-corrected chi connectivity index (χ0v) is 10.7. The van der Waals surface area contributed by atoms with E-state index in [0.717, 1.165) is 18.2 Å². The van der Waals surface area contributed by atoms with Crippen LogP contribution in [0.2, 0.25) is 0 Å². The van der Waals surface area contributed by atoms with Crippen LogP contribution in [-0.2, 0) is 0 Å². The molecular formula is C13H17F2NS. The number of hydrogen-bond acceptors (Lipinski definition) is 2. The van der Waals surface area contributed by atoms with Gasteiger partial charge in [0, 0.05) is 17.4 Å². The van der Waals surface area contributed by atoms with Gasteiger partial charge in [-0.15, -0.1) is 0 Å². The third-order valence-corrected chi connectivity index (χ3v) is 4.60. The summed E-state index contributed by atoms with van der Waals surface area (Å²) in [6.45, 7) is 0. The Morgan fingerprint density at radius 3 is 2.47 bits per heavy atom. The lowest BCUT2D eigenvalue weighted by atomic mass is 9.99. The van der Waals surface area contributed by atoms with Gasteiger partial charge < -0.3 is 5.32 Å². The van der Waals surface area contributed by atoms with Gasteiger partial charge in [-0.25, -0.2) is 8.78 Å². The number of hydrogen-bond donors (Lipinski definition) is 1. The van der Waals surface area contributed by atoms with Gasteiger partial charge in [0.25, 0.3) is 0 Å². The van der Waals surface area contributed by atoms with Crippen molar-refractivity contribution in [3.8, 4) is 0 Å². The zero-order valence-electron chi connectivity index (χ0n) is 9.88. The van der Waals surface area contributed by atoms with Crippen LogP contribution in [0.3, 0.4) is 0 Å². The highest BCUT2D eigenvalue weighted by atomic mass is 32.2. The van der Waals surface area contributed by atoms with E-state index in [9.17, 15) is 8.78 Å². The summed E-state index contributed by atoms with van der Waals surface area (Å²) in [4.78, 5) is 0. The van der Waals surface area contributed by atoms with Crippen molar-refractivity contribution < 1.29 is 8.78 Å². The molecule has 0 bridgehead atoms. The van der Waals surface area contributed by atoms with Crippen LogP contribution in [0.4, 0.5) is 8.78 Å². The average molecular weight is 257 g/mol. The average Bonchev–Trinajstić information content (AvgIpc) is 2.30. The number of benzene rings is 1. The molecule has 1 aromatic rings. The van der Waals surface area contributed by atoms with Crippen LogP contribution in [0.1, 0.15) is 30.9 Å². The van der Waals surface area contributed by atoms with Gasteiger partial charge in [-0.3, -0.25) is 0 Å². The monoisotopic (exact) mass is 257 g/mol. The second-order valence-electron chi connectivity index (χ2n) is 4.37. The van der Waals surface area contributed by atoms with Crippen molar-refractivity contribution in [2.75, 3.05) is 12.8 Å². The maximum Gasteiger partial charge on any atom is 0.126 e. The Morgan fingerprint density at radius 1 is 1.24 bits per heavy atom. The van der Waals surface area contributed by atoms with Crippen molar-refractivity contribution in [2.45, 2.75) is 30.6 Å². The summed E-state index contributed by atoms with van der Waals surface area (Å²) in [6, 6.07) is 3.81. The van der Waals surface area contributed by atoms with Crippen LogP contribution in [0.5, 0.6) is 0 Å². The number of rotatable bonds is 3. The summed E-state index contributed by atoms with van der Waals surface area (Å²) in [6.07, 6.45) is 3.55. The van der Waals surface area contributed by atoms with E-state index < -0.39 is 11.6 Å². The van der Waals surface area contributed by atoms with Crippen LogP contribution in [0.15, 0.2) is 18.2 Å².